The summed E-state index contributed by atoms with van der Waals surface area (Å²) in [5.74, 6) is -0.0506. The molecule has 1 aromatic heterocycles. The molecule has 1 aromatic carbocycles. The van der Waals surface area contributed by atoms with Crippen molar-refractivity contribution < 1.29 is 4.79 Å². The number of piperazine rings is 1. The number of imidazole rings is 1. The first-order chi connectivity index (χ1) is 10.7. The first kappa shape index (κ1) is 14.6. The minimum Gasteiger partial charge on any atom is -0.369 e. The molecule has 1 amide bonds. The van der Waals surface area contributed by atoms with Gasteiger partial charge in [0.05, 0.1) is 6.33 Å². The molecule has 0 bridgehead atoms. The predicted octanol–water partition coefficient (Wildman–Crippen LogP) is 1.27. The Hall–Kier alpha value is -2.34. The van der Waals surface area contributed by atoms with Crippen LogP contribution in [0.2, 0.25) is 0 Å². The second-order valence-corrected chi connectivity index (χ2v) is 5.62. The van der Waals surface area contributed by atoms with Gasteiger partial charge in [0.15, 0.2) is 0 Å². The smallest absolute Gasteiger partial charge is 0.244 e. The first-order valence-electron chi connectivity index (χ1n) is 7.50. The van der Waals surface area contributed by atoms with Crippen LogP contribution in [0.25, 0.3) is 0 Å². The van der Waals surface area contributed by atoms with Gasteiger partial charge in [-0.25, -0.2) is 4.98 Å². The number of nitrogens with zero attached hydrogens (tertiary/aromatic N) is 4. The molecule has 0 aliphatic carbocycles. The van der Waals surface area contributed by atoms with Crippen LogP contribution >= 0.6 is 0 Å². The van der Waals surface area contributed by atoms with E-state index in [4.69, 9.17) is 0 Å². The Morgan fingerprint density at radius 1 is 1.18 bits per heavy atom. The lowest BCUT2D eigenvalue weighted by molar-refractivity contribution is -0.116. The molecule has 22 heavy (non-hydrogen) atoms. The van der Waals surface area contributed by atoms with Crippen LogP contribution in [0.3, 0.4) is 0 Å². The van der Waals surface area contributed by atoms with E-state index in [0.29, 0.717) is 0 Å². The summed E-state index contributed by atoms with van der Waals surface area (Å²) in [5, 5.41) is 2.90. The molecule has 0 radical (unpaired) electrons. The average Bonchev–Trinajstić information content (AvgIpc) is 3.02. The summed E-state index contributed by atoms with van der Waals surface area (Å²) >= 11 is 0. The van der Waals surface area contributed by atoms with E-state index in [0.717, 1.165) is 31.9 Å². The molecule has 1 saturated heterocycles. The van der Waals surface area contributed by atoms with Gasteiger partial charge < -0.3 is 19.7 Å². The Morgan fingerprint density at radius 2 is 1.91 bits per heavy atom. The van der Waals surface area contributed by atoms with Gasteiger partial charge in [0, 0.05) is 49.9 Å². The highest BCUT2D eigenvalue weighted by Gasteiger charge is 2.14. The molecule has 6 heteroatoms. The number of hydrogen-bond donors (Lipinski definition) is 1. The number of likely N-dealkylation sites (N-methyl/N-ethyl adjacent to an activating group) is 1. The van der Waals surface area contributed by atoms with E-state index < -0.39 is 0 Å². The van der Waals surface area contributed by atoms with Gasteiger partial charge in [0.2, 0.25) is 5.91 Å². The number of amides is 1. The molecule has 1 aliphatic heterocycles. The van der Waals surface area contributed by atoms with Gasteiger partial charge >= 0.3 is 0 Å². The molecule has 116 valence electrons. The fourth-order valence-corrected chi connectivity index (χ4v) is 2.57. The van der Waals surface area contributed by atoms with Crippen molar-refractivity contribution in [1.82, 2.24) is 14.5 Å². The van der Waals surface area contributed by atoms with Crippen molar-refractivity contribution in [1.29, 1.82) is 0 Å². The molecule has 0 unspecified atom stereocenters. The fraction of sp³-hybridized carbons (Fsp3) is 0.375. The van der Waals surface area contributed by atoms with E-state index in [1.54, 1.807) is 23.3 Å². The van der Waals surface area contributed by atoms with Gasteiger partial charge in [-0.15, -0.1) is 0 Å². The normalized spacial score (nSPS) is 15.8. The molecule has 1 aliphatic rings. The molecule has 2 aromatic rings. The van der Waals surface area contributed by atoms with E-state index in [1.165, 1.54) is 5.69 Å². The third-order valence-electron chi connectivity index (χ3n) is 3.90. The summed E-state index contributed by atoms with van der Waals surface area (Å²) in [5.41, 5.74) is 2.03. The molecule has 1 N–H and O–H groups in total. The molecule has 3 rings (SSSR count). The Labute approximate surface area is 130 Å². The number of anilines is 2. The van der Waals surface area contributed by atoms with E-state index in [2.05, 4.69) is 39.3 Å². The highest BCUT2D eigenvalue weighted by atomic mass is 16.1. The molecule has 1 fully saturated rings. The van der Waals surface area contributed by atoms with Crippen LogP contribution in [0.5, 0.6) is 0 Å². The van der Waals surface area contributed by atoms with Crippen LogP contribution < -0.4 is 10.2 Å². The average molecular weight is 299 g/mol. The maximum atomic E-state index is 11.9. The van der Waals surface area contributed by atoms with Crippen LogP contribution in [-0.4, -0.2) is 53.6 Å². The Kier molecular flexibility index (Phi) is 4.39. The van der Waals surface area contributed by atoms with Crippen molar-refractivity contribution in [3.63, 3.8) is 0 Å². The van der Waals surface area contributed by atoms with Crippen molar-refractivity contribution in [2.24, 2.45) is 0 Å². The van der Waals surface area contributed by atoms with Crippen LogP contribution in [0.4, 0.5) is 11.4 Å². The van der Waals surface area contributed by atoms with E-state index in [1.807, 2.05) is 12.1 Å². The van der Waals surface area contributed by atoms with Crippen LogP contribution in [-0.2, 0) is 11.3 Å². The summed E-state index contributed by atoms with van der Waals surface area (Å²) in [6, 6.07) is 8.05. The lowest BCUT2D eigenvalue weighted by Crippen LogP contribution is -2.44. The number of aromatic nitrogens is 2. The van der Waals surface area contributed by atoms with Crippen molar-refractivity contribution in [2.45, 2.75) is 6.54 Å². The van der Waals surface area contributed by atoms with Crippen LogP contribution in [0.1, 0.15) is 0 Å². The summed E-state index contributed by atoms with van der Waals surface area (Å²) < 4.78 is 1.74. The minimum atomic E-state index is -0.0506. The largest absolute Gasteiger partial charge is 0.369 e. The van der Waals surface area contributed by atoms with Gasteiger partial charge in [-0.1, -0.05) is 0 Å². The second kappa shape index (κ2) is 6.62. The number of benzene rings is 1. The van der Waals surface area contributed by atoms with Gasteiger partial charge in [0.25, 0.3) is 0 Å². The highest BCUT2D eigenvalue weighted by Crippen LogP contribution is 2.19. The third-order valence-corrected chi connectivity index (χ3v) is 3.90. The zero-order valence-electron chi connectivity index (χ0n) is 12.8. The number of rotatable bonds is 4. The molecule has 2 heterocycles. The lowest BCUT2D eigenvalue weighted by atomic mass is 10.2. The zero-order valence-corrected chi connectivity index (χ0v) is 12.8. The number of hydrogen-bond acceptors (Lipinski definition) is 4. The van der Waals surface area contributed by atoms with E-state index in [-0.39, 0.29) is 12.5 Å². The van der Waals surface area contributed by atoms with Crippen molar-refractivity contribution in [3.05, 3.63) is 43.0 Å². The molecule has 0 saturated carbocycles. The van der Waals surface area contributed by atoms with Crippen molar-refractivity contribution in [2.75, 3.05) is 43.4 Å². The monoisotopic (exact) mass is 299 g/mol. The van der Waals surface area contributed by atoms with Crippen LogP contribution in [0.15, 0.2) is 43.0 Å². The molecular weight excluding hydrogens is 278 g/mol. The number of nitrogens with one attached hydrogen (secondary N) is 1. The SMILES string of the molecule is CN1CCN(c2ccc(NC(=O)Cn3ccnc3)cc2)CC1. The third kappa shape index (κ3) is 3.65. The molecule has 6 nitrogen and oxygen atoms in total. The summed E-state index contributed by atoms with van der Waals surface area (Å²) in [4.78, 5) is 20.6. The maximum absolute atomic E-state index is 11.9. The van der Waals surface area contributed by atoms with Crippen LogP contribution in [0, 0.1) is 0 Å². The standard InChI is InChI=1S/C16H21N5O/c1-19-8-10-21(11-9-19)15-4-2-14(3-5-15)18-16(22)12-20-7-6-17-13-20/h2-7,13H,8-12H2,1H3,(H,18,22). The maximum Gasteiger partial charge on any atom is 0.244 e. The Bertz CT molecular complexity index is 600. The van der Waals surface area contributed by atoms with Gasteiger partial charge in [-0.2, -0.15) is 0 Å². The topological polar surface area (TPSA) is 53.4 Å². The predicted molar refractivity (Wildman–Crippen MR) is 87.0 cm³/mol. The molecule has 0 atom stereocenters. The highest BCUT2D eigenvalue weighted by molar-refractivity contribution is 5.90. The van der Waals surface area contributed by atoms with E-state index in [9.17, 15) is 4.79 Å². The Morgan fingerprint density at radius 3 is 2.55 bits per heavy atom. The molecular formula is C16H21N5O. The van der Waals surface area contributed by atoms with E-state index >= 15 is 0 Å². The van der Waals surface area contributed by atoms with Gasteiger partial charge in [-0.05, 0) is 31.3 Å². The van der Waals surface area contributed by atoms with Gasteiger partial charge in [-0.3, -0.25) is 4.79 Å². The lowest BCUT2D eigenvalue weighted by Gasteiger charge is -2.34. The first-order valence-corrected chi connectivity index (χ1v) is 7.50. The van der Waals surface area contributed by atoms with Crippen molar-refractivity contribution >= 4 is 17.3 Å². The Balaban J connectivity index is 1.56. The van der Waals surface area contributed by atoms with Crippen molar-refractivity contribution in [3.8, 4) is 0 Å². The molecule has 0 spiro atoms. The zero-order chi connectivity index (χ0) is 15.4. The quantitative estimate of drug-likeness (QED) is 0.924. The summed E-state index contributed by atoms with van der Waals surface area (Å²) in [7, 11) is 2.15. The number of carbonyl (C=O) groups is 1. The second-order valence-electron chi connectivity index (χ2n) is 5.62. The number of carbonyl (C=O) groups excluding carboxylic acids is 1. The minimum absolute atomic E-state index is 0.0506. The summed E-state index contributed by atoms with van der Waals surface area (Å²) in [6.45, 7) is 4.54. The van der Waals surface area contributed by atoms with Gasteiger partial charge in [0.1, 0.15) is 6.54 Å². The summed E-state index contributed by atoms with van der Waals surface area (Å²) in [6.07, 6.45) is 5.07. The fourth-order valence-electron chi connectivity index (χ4n) is 2.57.